The summed E-state index contributed by atoms with van der Waals surface area (Å²) in [5, 5.41) is 4.60. The van der Waals surface area contributed by atoms with Crippen molar-refractivity contribution in [1.82, 2.24) is 14.6 Å². The Kier molecular flexibility index (Phi) is 5.37. The Morgan fingerprint density at radius 3 is 2.89 bits per heavy atom. The van der Waals surface area contributed by atoms with Crippen LogP contribution >= 0.6 is 15.9 Å². The van der Waals surface area contributed by atoms with Gasteiger partial charge in [-0.25, -0.2) is 9.50 Å². The summed E-state index contributed by atoms with van der Waals surface area (Å²) >= 11 is 3.56. The first kappa shape index (κ1) is 19.3. The molecule has 0 amide bonds. The predicted octanol–water partition coefficient (Wildman–Crippen LogP) is 6.01. The maximum Gasteiger partial charge on any atom is 0.169 e. The summed E-state index contributed by atoms with van der Waals surface area (Å²) in [6, 6.07) is 8.74. The van der Waals surface area contributed by atoms with Gasteiger partial charge in [-0.15, -0.1) is 0 Å². The molecule has 1 aliphatic carbocycles. The topological polar surface area (TPSA) is 47.3 Å². The second kappa shape index (κ2) is 7.78. The number of aryl methyl sites for hydroxylation is 2. The van der Waals surface area contributed by atoms with Crippen molar-refractivity contribution in [2.75, 3.05) is 0 Å². The van der Waals surface area contributed by atoms with Gasteiger partial charge < -0.3 is 0 Å². The molecule has 1 aliphatic rings. The molecule has 1 atom stereocenters. The van der Waals surface area contributed by atoms with E-state index in [1.807, 2.05) is 11.4 Å². The second-order valence-corrected chi connectivity index (χ2v) is 8.89. The Hall–Kier alpha value is -2.01. The van der Waals surface area contributed by atoms with E-state index in [1.54, 1.807) is 6.20 Å². The van der Waals surface area contributed by atoms with E-state index >= 15 is 0 Å². The van der Waals surface area contributed by atoms with Crippen LogP contribution in [0.4, 0.5) is 0 Å². The van der Waals surface area contributed by atoms with Crippen molar-refractivity contribution < 1.29 is 4.79 Å². The molecule has 0 bridgehead atoms. The molecular weight excluding hydrogens is 414 g/mol. The molecule has 4 nitrogen and oxygen atoms in total. The lowest BCUT2D eigenvalue weighted by Crippen LogP contribution is -2.12. The Morgan fingerprint density at radius 2 is 2.11 bits per heavy atom. The SMILES string of the molecule is Cc1nn2c(C(C)C)c(C(=O)CCCC3CCc4ccccc43)cnc2c1Br. The molecule has 2 heterocycles. The molecular formula is C23H26BrN3O. The zero-order chi connectivity index (χ0) is 19.8. The highest BCUT2D eigenvalue weighted by Gasteiger charge is 2.24. The molecule has 0 saturated heterocycles. The van der Waals surface area contributed by atoms with Crippen molar-refractivity contribution in [2.45, 2.75) is 64.7 Å². The van der Waals surface area contributed by atoms with Gasteiger partial charge in [0.15, 0.2) is 11.4 Å². The molecule has 3 aromatic rings. The van der Waals surface area contributed by atoms with Crippen LogP contribution in [-0.4, -0.2) is 20.4 Å². The summed E-state index contributed by atoms with van der Waals surface area (Å²) in [6.45, 7) is 6.15. The fraction of sp³-hybridized carbons (Fsp3) is 0.435. The van der Waals surface area contributed by atoms with Crippen LogP contribution in [0, 0.1) is 6.92 Å². The molecule has 4 rings (SSSR count). The summed E-state index contributed by atoms with van der Waals surface area (Å²) in [7, 11) is 0. The van der Waals surface area contributed by atoms with Crippen LogP contribution in [0.25, 0.3) is 5.65 Å². The molecule has 0 saturated carbocycles. The third kappa shape index (κ3) is 3.41. The fourth-order valence-corrected chi connectivity index (χ4v) is 4.79. The lowest BCUT2D eigenvalue weighted by atomic mass is 9.93. The summed E-state index contributed by atoms with van der Waals surface area (Å²) in [4.78, 5) is 17.5. The Balaban J connectivity index is 1.51. The van der Waals surface area contributed by atoms with Gasteiger partial charge in [0.2, 0.25) is 0 Å². The number of nitrogens with zero attached hydrogens (tertiary/aromatic N) is 3. The third-order valence-electron chi connectivity index (χ3n) is 5.85. The van der Waals surface area contributed by atoms with Gasteiger partial charge in [0.25, 0.3) is 0 Å². The first-order valence-corrected chi connectivity index (χ1v) is 10.9. The van der Waals surface area contributed by atoms with Gasteiger partial charge in [0.1, 0.15) is 0 Å². The molecule has 1 unspecified atom stereocenters. The van der Waals surface area contributed by atoms with E-state index in [1.165, 1.54) is 24.0 Å². The normalized spacial score (nSPS) is 16.1. The Labute approximate surface area is 174 Å². The van der Waals surface area contributed by atoms with Crippen molar-refractivity contribution in [3.05, 3.63) is 63.0 Å². The first-order valence-electron chi connectivity index (χ1n) is 10.1. The van der Waals surface area contributed by atoms with E-state index in [4.69, 9.17) is 0 Å². The average molecular weight is 440 g/mol. The molecule has 0 radical (unpaired) electrons. The number of ketones is 1. The maximum atomic E-state index is 13.0. The maximum absolute atomic E-state index is 13.0. The second-order valence-electron chi connectivity index (χ2n) is 8.10. The predicted molar refractivity (Wildman–Crippen MR) is 115 cm³/mol. The van der Waals surface area contributed by atoms with Crippen LogP contribution in [0.15, 0.2) is 34.9 Å². The summed E-state index contributed by atoms with van der Waals surface area (Å²) in [5.41, 5.74) is 6.30. The zero-order valence-corrected chi connectivity index (χ0v) is 18.3. The van der Waals surface area contributed by atoms with Crippen LogP contribution < -0.4 is 0 Å². The number of hydrogen-bond acceptors (Lipinski definition) is 3. The number of Topliss-reactive ketones (excluding diaryl/α,β-unsaturated/α-hetero) is 1. The third-order valence-corrected chi connectivity index (χ3v) is 6.77. The number of halogens is 1. The van der Waals surface area contributed by atoms with Gasteiger partial charge in [0.05, 0.1) is 21.4 Å². The van der Waals surface area contributed by atoms with Crippen LogP contribution in [0.5, 0.6) is 0 Å². The molecule has 0 N–H and O–H groups in total. The molecule has 0 aliphatic heterocycles. The average Bonchev–Trinajstić information content (AvgIpc) is 3.22. The van der Waals surface area contributed by atoms with Gasteiger partial charge in [-0.1, -0.05) is 38.1 Å². The summed E-state index contributed by atoms with van der Waals surface area (Å²) in [5.74, 6) is 0.963. The summed E-state index contributed by atoms with van der Waals surface area (Å²) in [6.07, 6.45) is 6.66. The first-order chi connectivity index (χ1) is 13.5. The molecule has 0 fully saturated rings. The standard InChI is InChI=1S/C23H26BrN3O/c1-14(2)22-19(13-25-23-21(24)15(3)26-27(22)23)20(28)10-6-8-17-12-11-16-7-4-5-9-18(16)17/h4-5,7,9,13-14,17H,6,8,10-12H2,1-3H3. The molecule has 146 valence electrons. The number of aromatic nitrogens is 3. The monoisotopic (exact) mass is 439 g/mol. The molecule has 2 aromatic heterocycles. The largest absolute Gasteiger partial charge is 0.294 e. The highest BCUT2D eigenvalue weighted by molar-refractivity contribution is 9.10. The van der Waals surface area contributed by atoms with Gasteiger partial charge >= 0.3 is 0 Å². The number of hydrogen-bond donors (Lipinski definition) is 0. The minimum atomic E-state index is 0.175. The molecule has 28 heavy (non-hydrogen) atoms. The molecule has 5 heteroatoms. The van der Waals surface area contributed by atoms with E-state index < -0.39 is 0 Å². The fourth-order valence-electron chi connectivity index (χ4n) is 4.44. The summed E-state index contributed by atoms with van der Waals surface area (Å²) < 4.78 is 2.73. The lowest BCUT2D eigenvalue weighted by Gasteiger charge is -2.14. The van der Waals surface area contributed by atoms with Crippen LogP contribution in [0.1, 0.15) is 84.2 Å². The van der Waals surface area contributed by atoms with Crippen LogP contribution in [0.2, 0.25) is 0 Å². The smallest absolute Gasteiger partial charge is 0.169 e. The molecule has 1 aromatic carbocycles. The van der Waals surface area contributed by atoms with E-state index in [0.29, 0.717) is 17.9 Å². The van der Waals surface area contributed by atoms with Crippen molar-refractivity contribution in [3.8, 4) is 0 Å². The quantitative estimate of drug-likeness (QED) is 0.441. The minimum absolute atomic E-state index is 0.175. The highest BCUT2D eigenvalue weighted by atomic mass is 79.9. The van der Waals surface area contributed by atoms with Crippen molar-refractivity contribution in [3.63, 3.8) is 0 Å². The van der Waals surface area contributed by atoms with Crippen molar-refractivity contribution in [1.29, 1.82) is 0 Å². The Bertz CT molecular complexity index is 1040. The molecule has 0 spiro atoms. The van der Waals surface area contributed by atoms with Crippen molar-refractivity contribution in [2.24, 2.45) is 0 Å². The number of rotatable bonds is 6. The Morgan fingerprint density at radius 1 is 1.32 bits per heavy atom. The minimum Gasteiger partial charge on any atom is -0.294 e. The zero-order valence-electron chi connectivity index (χ0n) is 16.7. The van der Waals surface area contributed by atoms with Gasteiger partial charge in [-0.05, 0) is 71.5 Å². The van der Waals surface area contributed by atoms with E-state index in [9.17, 15) is 4.79 Å². The van der Waals surface area contributed by atoms with Crippen LogP contribution in [-0.2, 0) is 6.42 Å². The van der Waals surface area contributed by atoms with Gasteiger partial charge in [-0.3, -0.25) is 4.79 Å². The number of carbonyl (C=O) groups is 1. The number of fused-ring (bicyclic) bond motifs is 2. The van der Waals surface area contributed by atoms with Crippen LogP contribution in [0.3, 0.4) is 0 Å². The highest BCUT2D eigenvalue weighted by Crippen LogP contribution is 2.36. The lowest BCUT2D eigenvalue weighted by molar-refractivity contribution is 0.0976. The van der Waals surface area contributed by atoms with Gasteiger partial charge in [-0.2, -0.15) is 5.10 Å². The van der Waals surface area contributed by atoms with E-state index in [-0.39, 0.29) is 11.7 Å². The van der Waals surface area contributed by atoms with Gasteiger partial charge in [0, 0.05) is 12.6 Å². The van der Waals surface area contributed by atoms with E-state index in [0.717, 1.165) is 34.3 Å². The number of carbonyl (C=O) groups excluding carboxylic acids is 1. The van der Waals surface area contributed by atoms with E-state index in [2.05, 4.69) is 64.1 Å². The van der Waals surface area contributed by atoms with Crippen molar-refractivity contribution >= 4 is 27.4 Å². The number of benzene rings is 1.